The number of ether oxygens (including phenoxy) is 1. The van der Waals surface area contributed by atoms with E-state index >= 15 is 0 Å². The molecule has 14 heavy (non-hydrogen) atoms. The molecule has 0 bridgehead atoms. The number of hydrogen-bond donors (Lipinski definition) is 1. The van der Waals surface area contributed by atoms with Crippen LogP contribution in [0.2, 0.25) is 0 Å². The number of hydrogen-bond acceptors (Lipinski definition) is 3. The second-order valence-corrected chi connectivity index (χ2v) is 2.96. The number of allylic oxidation sites excluding steroid dienone is 1. The monoisotopic (exact) mass is 199 g/mol. The van der Waals surface area contributed by atoms with Crippen LogP contribution in [0.1, 0.15) is 6.92 Å². The molecule has 0 aromatic heterocycles. The van der Waals surface area contributed by atoms with Gasteiger partial charge in [-0.3, -0.25) is 4.79 Å². The second-order valence-electron chi connectivity index (χ2n) is 2.96. The van der Waals surface area contributed by atoms with Crippen molar-refractivity contribution in [3.05, 3.63) is 12.2 Å². The Hall–Kier alpha value is -1.36. The van der Waals surface area contributed by atoms with E-state index in [4.69, 9.17) is 9.84 Å². The van der Waals surface area contributed by atoms with Gasteiger partial charge in [0.15, 0.2) is 6.04 Å². The highest BCUT2D eigenvalue weighted by Gasteiger charge is 2.31. The van der Waals surface area contributed by atoms with Crippen LogP contribution in [0.5, 0.6) is 0 Å². The van der Waals surface area contributed by atoms with Crippen molar-refractivity contribution in [1.82, 2.24) is 4.90 Å². The molecule has 0 aromatic rings. The molecule has 1 atom stereocenters. The Morgan fingerprint density at radius 2 is 2.29 bits per heavy atom. The van der Waals surface area contributed by atoms with Crippen LogP contribution < -0.4 is 0 Å². The first-order valence-corrected chi connectivity index (χ1v) is 4.40. The third kappa shape index (κ3) is 2.32. The summed E-state index contributed by atoms with van der Waals surface area (Å²) in [5.74, 6) is -1.30. The Kier molecular flexibility index (Phi) is 3.64. The van der Waals surface area contributed by atoms with Crippen molar-refractivity contribution in [2.45, 2.75) is 13.0 Å². The molecule has 1 rings (SSSR count). The molecular formula is C9H13NO4. The van der Waals surface area contributed by atoms with Gasteiger partial charge in [-0.2, -0.15) is 0 Å². The molecule has 0 spiro atoms. The van der Waals surface area contributed by atoms with Gasteiger partial charge in [-0.05, 0) is 13.0 Å². The SMILES string of the molecule is CC=CC(=O)N1CCOCC1C(=O)O. The Bertz CT molecular complexity index is 262. The first kappa shape index (κ1) is 10.7. The molecule has 1 aliphatic heterocycles. The molecule has 0 saturated carbocycles. The summed E-state index contributed by atoms with van der Waals surface area (Å²) >= 11 is 0. The number of morpholine rings is 1. The number of aliphatic carboxylic acids is 1. The van der Waals surface area contributed by atoms with Gasteiger partial charge in [-0.25, -0.2) is 4.79 Å². The van der Waals surface area contributed by atoms with Crippen molar-refractivity contribution < 1.29 is 19.4 Å². The summed E-state index contributed by atoms with van der Waals surface area (Å²) in [7, 11) is 0. The Labute approximate surface area is 82.0 Å². The maximum absolute atomic E-state index is 11.4. The smallest absolute Gasteiger partial charge is 0.328 e. The summed E-state index contributed by atoms with van der Waals surface area (Å²) in [5, 5.41) is 8.83. The fraction of sp³-hybridized carbons (Fsp3) is 0.556. The van der Waals surface area contributed by atoms with Gasteiger partial charge in [-0.1, -0.05) is 6.08 Å². The summed E-state index contributed by atoms with van der Waals surface area (Å²) in [6, 6.07) is -0.854. The fourth-order valence-electron chi connectivity index (χ4n) is 1.31. The zero-order valence-electron chi connectivity index (χ0n) is 7.97. The maximum atomic E-state index is 11.4. The molecule has 1 fully saturated rings. The van der Waals surface area contributed by atoms with Gasteiger partial charge >= 0.3 is 5.97 Å². The third-order valence-electron chi connectivity index (χ3n) is 2.01. The number of carbonyl (C=O) groups excluding carboxylic acids is 1. The van der Waals surface area contributed by atoms with Crippen LogP contribution in [0.15, 0.2) is 12.2 Å². The maximum Gasteiger partial charge on any atom is 0.328 e. The molecule has 5 nitrogen and oxygen atoms in total. The minimum atomic E-state index is -1.03. The lowest BCUT2D eigenvalue weighted by Gasteiger charge is -2.31. The lowest BCUT2D eigenvalue weighted by Crippen LogP contribution is -2.52. The van der Waals surface area contributed by atoms with Crippen LogP contribution in [0.4, 0.5) is 0 Å². The van der Waals surface area contributed by atoms with Gasteiger partial charge in [0.25, 0.3) is 0 Å². The van der Waals surface area contributed by atoms with E-state index in [1.807, 2.05) is 0 Å². The zero-order valence-corrected chi connectivity index (χ0v) is 7.97. The molecule has 5 heteroatoms. The molecule has 1 amide bonds. The molecular weight excluding hydrogens is 186 g/mol. The molecule has 1 N–H and O–H groups in total. The summed E-state index contributed by atoms with van der Waals surface area (Å²) in [6.45, 7) is 2.51. The minimum absolute atomic E-state index is 0.0681. The largest absolute Gasteiger partial charge is 0.480 e. The predicted molar refractivity (Wildman–Crippen MR) is 48.8 cm³/mol. The lowest BCUT2D eigenvalue weighted by molar-refractivity contribution is -0.156. The Morgan fingerprint density at radius 3 is 2.86 bits per heavy atom. The van der Waals surface area contributed by atoms with Crippen molar-refractivity contribution in [3.8, 4) is 0 Å². The predicted octanol–water partition coefficient (Wildman–Crippen LogP) is -0.126. The highest BCUT2D eigenvalue weighted by molar-refractivity contribution is 5.91. The van der Waals surface area contributed by atoms with Crippen molar-refractivity contribution in [2.24, 2.45) is 0 Å². The number of rotatable bonds is 2. The van der Waals surface area contributed by atoms with Crippen molar-refractivity contribution in [2.75, 3.05) is 19.8 Å². The van der Waals surface area contributed by atoms with Gasteiger partial charge in [0, 0.05) is 6.54 Å². The lowest BCUT2D eigenvalue weighted by atomic mass is 10.2. The van der Waals surface area contributed by atoms with Gasteiger partial charge < -0.3 is 14.7 Å². The van der Waals surface area contributed by atoms with E-state index in [1.165, 1.54) is 11.0 Å². The van der Waals surface area contributed by atoms with Gasteiger partial charge in [0.2, 0.25) is 5.91 Å². The molecule has 1 saturated heterocycles. The van der Waals surface area contributed by atoms with E-state index < -0.39 is 12.0 Å². The van der Waals surface area contributed by atoms with Crippen LogP contribution in [-0.4, -0.2) is 47.7 Å². The van der Waals surface area contributed by atoms with Crippen molar-refractivity contribution in [1.29, 1.82) is 0 Å². The van der Waals surface area contributed by atoms with E-state index in [9.17, 15) is 9.59 Å². The normalized spacial score (nSPS) is 22.6. The summed E-state index contributed by atoms with van der Waals surface area (Å²) < 4.78 is 5.00. The van der Waals surface area contributed by atoms with E-state index in [0.29, 0.717) is 13.2 Å². The highest BCUT2D eigenvalue weighted by atomic mass is 16.5. The molecule has 1 unspecified atom stereocenters. The number of nitrogens with zero attached hydrogens (tertiary/aromatic N) is 1. The van der Waals surface area contributed by atoms with Gasteiger partial charge in [0.05, 0.1) is 13.2 Å². The van der Waals surface area contributed by atoms with Crippen LogP contribution in [0, 0.1) is 0 Å². The molecule has 0 radical (unpaired) electrons. The van der Waals surface area contributed by atoms with E-state index in [2.05, 4.69) is 0 Å². The number of carboxylic acid groups (broad SMARTS) is 1. The summed E-state index contributed by atoms with van der Waals surface area (Å²) in [4.78, 5) is 23.5. The van der Waals surface area contributed by atoms with Crippen molar-refractivity contribution >= 4 is 11.9 Å². The zero-order chi connectivity index (χ0) is 10.6. The highest BCUT2D eigenvalue weighted by Crippen LogP contribution is 2.07. The van der Waals surface area contributed by atoms with Crippen LogP contribution in [0.3, 0.4) is 0 Å². The molecule has 78 valence electrons. The fourth-order valence-corrected chi connectivity index (χ4v) is 1.31. The number of carboxylic acids is 1. The first-order valence-electron chi connectivity index (χ1n) is 4.40. The van der Waals surface area contributed by atoms with Gasteiger partial charge in [-0.15, -0.1) is 0 Å². The average Bonchev–Trinajstić information content (AvgIpc) is 2.18. The standard InChI is InChI=1S/C9H13NO4/c1-2-3-8(11)10-4-5-14-6-7(10)9(12)13/h2-3,7H,4-6H2,1H3,(H,12,13). The van der Waals surface area contributed by atoms with E-state index in [1.54, 1.807) is 13.0 Å². The molecule has 1 heterocycles. The molecule has 0 aliphatic carbocycles. The van der Waals surface area contributed by atoms with Gasteiger partial charge in [0.1, 0.15) is 0 Å². The number of carbonyl (C=O) groups is 2. The molecule has 1 aliphatic rings. The number of amides is 1. The first-order chi connectivity index (χ1) is 6.66. The quantitative estimate of drug-likeness (QED) is 0.629. The average molecular weight is 199 g/mol. The minimum Gasteiger partial charge on any atom is -0.480 e. The Balaban J connectivity index is 2.72. The Morgan fingerprint density at radius 1 is 1.57 bits per heavy atom. The molecule has 0 aromatic carbocycles. The van der Waals surface area contributed by atoms with Crippen LogP contribution in [0.25, 0.3) is 0 Å². The summed E-state index contributed by atoms with van der Waals surface area (Å²) in [5.41, 5.74) is 0. The second kappa shape index (κ2) is 4.76. The third-order valence-corrected chi connectivity index (χ3v) is 2.01. The van der Waals surface area contributed by atoms with E-state index in [0.717, 1.165) is 0 Å². The topological polar surface area (TPSA) is 66.8 Å². The van der Waals surface area contributed by atoms with Crippen molar-refractivity contribution in [3.63, 3.8) is 0 Å². The summed E-state index contributed by atoms with van der Waals surface area (Å²) in [6.07, 6.45) is 2.96. The van der Waals surface area contributed by atoms with E-state index in [-0.39, 0.29) is 12.5 Å². The van der Waals surface area contributed by atoms with Crippen LogP contribution in [-0.2, 0) is 14.3 Å². The van der Waals surface area contributed by atoms with Crippen LogP contribution >= 0.6 is 0 Å².